The minimum absolute atomic E-state index is 0.0786. The molecule has 5 rings (SSSR count). The van der Waals surface area contributed by atoms with Crippen molar-refractivity contribution in [3.05, 3.63) is 40.6 Å². The van der Waals surface area contributed by atoms with Gasteiger partial charge in [-0.2, -0.15) is 0 Å². The van der Waals surface area contributed by atoms with E-state index in [4.69, 9.17) is 26.7 Å². The molecule has 1 unspecified atom stereocenters. The predicted octanol–water partition coefficient (Wildman–Crippen LogP) is 2.98. The van der Waals surface area contributed by atoms with Crippen molar-refractivity contribution >= 4 is 29.1 Å². The van der Waals surface area contributed by atoms with Crippen molar-refractivity contribution in [2.75, 3.05) is 43.4 Å². The number of hydrogen-bond acceptors (Lipinski definition) is 10. The Morgan fingerprint density at radius 2 is 1.92 bits per heavy atom. The van der Waals surface area contributed by atoms with Gasteiger partial charge >= 0.3 is 0 Å². The van der Waals surface area contributed by atoms with E-state index in [0.717, 1.165) is 50.4 Å². The molecule has 1 atom stereocenters. The molecule has 0 radical (unpaired) electrons. The second-order valence-corrected chi connectivity index (χ2v) is 10.0. The molecule has 2 aliphatic rings. The minimum atomic E-state index is -0.0786. The number of hydrogen-bond donors (Lipinski definition) is 1. The first-order valence-electron chi connectivity index (χ1n) is 12.7. The number of nitrogens with two attached hydrogens (primary N) is 1. The Morgan fingerprint density at radius 1 is 1.14 bits per heavy atom. The fraction of sp³-hybridized carbons (Fsp3) is 0.520. The van der Waals surface area contributed by atoms with Crippen molar-refractivity contribution < 1.29 is 9.21 Å². The van der Waals surface area contributed by atoms with Gasteiger partial charge in [0.15, 0.2) is 0 Å². The molecule has 37 heavy (non-hydrogen) atoms. The van der Waals surface area contributed by atoms with E-state index in [1.807, 2.05) is 11.8 Å². The SMILES string of the molecule is CCC1CN(c2ncc(-c3nnc(C)o3)nc2C)CCN1C1CCN(C(=O)c2ccc(Cl)nc2N)CC1. The Kier molecular flexibility index (Phi) is 7.25. The number of piperazine rings is 1. The molecule has 2 N–H and O–H groups in total. The first-order valence-corrected chi connectivity index (χ1v) is 13.1. The lowest BCUT2D eigenvalue weighted by molar-refractivity contribution is 0.0491. The fourth-order valence-corrected chi connectivity index (χ4v) is 5.55. The van der Waals surface area contributed by atoms with Gasteiger partial charge in [0, 0.05) is 51.7 Å². The monoisotopic (exact) mass is 525 g/mol. The van der Waals surface area contributed by atoms with Crippen LogP contribution in [0.25, 0.3) is 11.6 Å². The molecule has 5 heterocycles. The summed E-state index contributed by atoms with van der Waals surface area (Å²) in [6, 6.07) is 4.10. The van der Waals surface area contributed by atoms with Crippen LogP contribution >= 0.6 is 11.6 Å². The summed E-state index contributed by atoms with van der Waals surface area (Å²) >= 11 is 5.89. The maximum atomic E-state index is 13.0. The summed E-state index contributed by atoms with van der Waals surface area (Å²) in [6.07, 6.45) is 4.60. The van der Waals surface area contributed by atoms with Crippen molar-refractivity contribution in [3.8, 4) is 11.6 Å². The fourth-order valence-electron chi connectivity index (χ4n) is 5.40. The zero-order valence-electron chi connectivity index (χ0n) is 21.4. The van der Waals surface area contributed by atoms with Crippen LogP contribution in [0.2, 0.25) is 5.15 Å². The summed E-state index contributed by atoms with van der Waals surface area (Å²) in [5.74, 6) is 1.88. The molecule has 12 heteroatoms. The minimum Gasteiger partial charge on any atom is -0.420 e. The third kappa shape index (κ3) is 5.24. The molecule has 0 aliphatic carbocycles. The number of carbonyl (C=O) groups is 1. The summed E-state index contributed by atoms with van der Waals surface area (Å²) in [4.78, 5) is 33.2. The van der Waals surface area contributed by atoms with Gasteiger partial charge in [-0.3, -0.25) is 9.69 Å². The van der Waals surface area contributed by atoms with Crippen LogP contribution in [0.1, 0.15) is 48.1 Å². The Labute approximate surface area is 221 Å². The molecular weight excluding hydrogens is 494 g/mol. The molecular formula is C25H32ClN9O2. The van der Waals surface area contributed by atoms with Gasteiger partial charge in [0.25, 0.3) is 11.8 Å². The summed E-state index contributed by atoms with van der Waals surface area (Å²) in [5.41, 5.74) is 7.79. The number of piperidine rings is 1. The molecule has 0 spiro atoms. The van der Waals surface area contributed by atoms with Gasteiger partial charge in [-0.25, -0.2) is 15.0 Å². The van der Waals surface area contributed by atoms with E-state index in [2.05, 4.69) is 36.9 Å². The van der Waals surface area contributed by atoms with Crippen LogP contribution in [0.15, 0.2) is 22.7 Å². The number of nitrogen functional groups attached to an aromatic ring is 1. The number of likely N-dealkylation sites (tertiary alicyclic amines) is 1. The highest BCUT2D eigenvalue weighted by atomic mass is 35.5. The van der Waals surface area contributed by atoms with Crippen LogP contribution in [-0.4, -0.2) is 85.7 Å². The Morgan fingerprint density at radius 3 is 2.57 bits per heavy atom. The van der Waals surface area contributed by atoms with E-state index in [1.54, 1.807) is 25.3 Å². The molecule has 0 bridgehead atoms. The third-order valence-corrected chi connectivity index (χ3v) is 7.52. The molecule has 1 amide bonds. The molecule has 3 aromatic rings. The highest BCUT2D eigenvalue weighted by molar-refractivity contribution is 6.29. The van der Waals surface area contributed by atoms with Crippen molar-refractivity contribution in [3.63, 3.8) is 0 Å². The number of aryl methyl sites for hydroxylation is 2. The van der Waals surface area contributed by atoms with Crippen molar-refractivity contribution in [2.45, 2.75) is 52.1 Å². The van der Waals surface area contributed by atoms with E-state index in [9.17, 15) is 4.79 Å². The Hall–Kier alpha value is -3.31. The standard InChI is InChI=1S/C25H32ClN9O2/c1-4-17-14-34(23-15(2)29-20(13-28-23)24-32-31-16(3)37-24)11-12-35(17)18-7-9-33(10-8-18)25(36)19-5-6-21(26)30-22(19)27/h5-6,13,17-18H,4,7-12,14H2,1-3H3,(H2,27,30). The van der Waals surface area contributed by atoms with Crippen LogP contribution in [-0.2, 0) is 0 Å². The summed E-state index contributed by atoms with van der Waals surface area (Å²) in [5, 5.41) is 8.22. The smallest absolute Gasteiger partial charge is 0.267 e. The quantitative estimate of drug-likeness (QED) is 0.496. The number of rotatable bonds is 5. The van der Waals surface area contributed by atoms with E-state index in [-0.39, 0.29) is 16.9 Å². The highest BCUT2D eigenvalue weighted by Gasteiger charge is 2.35. The molecule has 11 nitrogen and oxygen atoms in total. The molecule has 2 aliphatic heterocycles. The lowest BCUT2D eigenvalue weighted by atomic mass is 9.97. The van der Waals surface area contributed by atoms with E-state index < -0.39 is 0 Å². The number of anilines is 2. The van der Waals surface area contributed by atoms with Gasteiger partial charge in [-0.1, -0.05) is 18.5 Å². The Bertz CT molecular complexity index is 1270. The third-order valence-electron chi connectivity index (χ3n) is 7.31. The summed E-state index contributed by atoms with van der Waals surface area (Å²) < 4.78 is 5.50. The molecule has 0 aromatic carbocycles. The van der Waals surface area contributed by atoms with Crippen molar-refractivity contribution in [2.24, 2.45) is 0 Å². The van der Waals surface area contributed by atoms with Gasteiger partial charge in [0.05, 0.1) is 17.5 Å². The number of amides is 1. The summed E-state index contributed by atoms with van der Waals surface area (Å²) in [7, 11) is 0. The molecule has 2 fully saturated rings. The van der Waals surface area contributed by atoms with Gasteiger partial charge in [-0.05, 0) is 38.3 Å². The Balaban J connectivity index is 1.21. The van der Waals surface area contributed by atoms with E-state index in [1.165, 1.54) is 0 Å². The molecule has 196 valence electrons. The molecule has 3 aromatic heterocycles. The number of halogens is 1. The van der Waals surface area contributed by atoms with E-state index in [0.29, 0.717) is 48.2 Å². The number of aromatic nitrogens is 5. The lowest BCUT2D eigenvalue weighted by Gasteiger charge is -2.47. The zero-order chi connectivity index (χ0) is 26.1. The van der Waals surface area contributed by atoms with Gasteiger partial charge < -0.3 is 20.0 Å². The molecule has 0 saturated carbocycles. The van der Waals surface area contributed by atoms with E-state index >= 15 is 0 Å². The lowest BCUT2D eigenvalue weighted by Crippen LogP contribution is -2.59. The van der Waals surface area contributed by atoms with Gasteiger partial charge in [0.1, 0.15) is 22.5 Å². The number of carbonyl (C=O) groups excluding carboxylic acids is 1. The number of nitrogens with zero attached hydrogens (tertiary/aromatic N) is 8. The predicted molar refractivity (Wildman–Crippen MR) is 140 cm³/mol. The van der Waals surface area contributed by atoms with Crippen molar-refractivity contribution in [1.82, 2.24) is 34.9 Å². The normalized spacial score (nSPS) is 19.4. The van der Waals surface area contributed by atoms with Crippen LogP contribution < -0.4 is 10.6 Å². The van der Waals surface area contributed by atoms with Gasteiger partial charge in [-0.15, -0.1) is 10.2 Å². The average molecular weight is 526 g/mol. The second kappa shape index (κ2) is 10.6. The van der Waals surface area contributed by atoms with Crippen LogP contribution in [0.5, 0.6) is 0 Å². The first-order chi connectivity index (χ1) is 17.8. The maximum Gasteiger partial charge on any atom is 0.267 e. The topological polar surface area (TPSA) is 130 Å². The molecule has 2 saturated heterocycles. The largest absolute Gasteiger partial charge is 0.420 e. The van der Waals surface area contributed by atoms with Gasteiger partial charge in [0.2, 0.25) is 5.89 Å². The average Bonchev–Trinajstić information content (AvgIpc) is 3.34. The van der Waals surface area contributed by atoms with Crippen molar-refractivity contribution in [1.29, 1.82) is 0 Å². The van der Waals surface area contributed by atoms with Crippen LogP contribution in [0.3, 0.4) is 0 Å². The highest BCUT2D eigenvalue weighted by Crippen LogP contribution is 2.28. The first kappa shape index (κ1) is 25.3. The zero-order valence-corrected chi connectivity index (χ0v) is 22.1. The summed E-state index contributed by atoms with van der Waals surface area (Å²) in [6.45, 7) is 10.1. The number of pyridine rings is 1. The maximum absolute atomic E-state index is 13.0. The van der Waals surface area contributed by atoms with Crippen LogP contribution in [0, 0.1) is 13.8 Å². The van der Waals surface area contributed by atoms with Crippen LogP contribution in [0.4, 0.5) is 11.6 Å². The second-order valence-electron chi connectivity index (χ2n) is 9.63.